The zero-order chi connectivity index (χ0) is 15.5. The Hall–Kier alpha value is -1.83. The quantitative estimate of drug-likeness (QED) is 0.890. The van der Waals surface area contributed by atoms with Crippen molar-refractivity contribution in [1.29, 1.82) is 0 Å². The second-order valence-electron chi connectivity index (χ2n) is 4.79. The Bertz CT molecular complexity index is 585. The third kappa shape index (κ3) is 4.32. The first-order valence-corrected chi connectivity index (χ1v) is 6.70. The predicted octanol–water partition coefficient (Wildman–Crippen LogP) is 2.26. The molecular weight excluding hydrogens is 283 g/mol. The van der Waals surface area contributed by atoms with Gasteiger partial charge in [-0.2, -0.15) is 23.4 Å². The van der Waals surface area contributed by atoms with Crippen LogP contribution in [0.1, 0.15) is 23.9 Å². The molecule has 0 amide bonds. The third-order valence-corrected chi connectivity index (χ3v) is 3.13. The first-order chi connectivity index (χ1) is 9.89. The van der Waals surface area contributed by atoms with Crippen LogP contribution in [0.25, 0.3) is 0 Å². The molecule has 0 aliphatic rings. The molecule has 8 heteroatoms. The molecule has 0 atom stereocenters. The molecule has 0 aliphatic carbocycles. The second kappa shape index (κ2) is 6.30. The minimum atomic E-state index is -4.26. The maximum absolute atomic E-state index is 12.4. The van der Waals surface area contributed by atoms with E-state index >= 15 is 0 Å². The largest absolute Gasteiger partial charge is 0.408 e. The van der Waals surface area contributed by atoms with E-state index in [1.165, 1.54) is 6.20 Å². The van der Waals surface area contributed by atoms with Gasteiger partial charge in [-0.05, 0) is 19.9 Å². The third-order valence-electron chi connectivity index (χ3n) is 3.13. The number of aromatic nitrogens is 4. The van der Waals surface area contributed by atoms with E-state index < -0.39 is 12.7 Å². The van der Waals surface area contributed by atoms with Gasteiger partial charge in [0.1, 0.15) is 6.54 Å². The fraction of sp³-hybridized carbons (Fsp3) is 0.538. The molecule has 0 saturated carbocycles. The number of rotatable bonds is 6. The highest BCUT2D eigenvalue weighted by atomic mass is 19.4. The molecule has 0 saturated heterocycles. The average Bonchev–Trinajstić information content (AvgIpc) is 2.95. The Kier molecular flexibility index (Phi) is 4.66. The number of nitrogens with one attached hydrogen (secondary N) is 1. The van der Waals surface area contributed by atoms with Crippen molar-refractivity contribution in [3.8, 4) is 0 Å². The summed E-state index contributed by atoms with van der Waals surface area (Å²) in [5, 5.41) is 11.2. The molecule has 1 N–H and O–H groups in total. The van der Waals surface area contributed by atoms with Gasteiger partial charge < -0.3 is 5.32 Å². The Morgan fingerprint density at radius 2 is 2.05 bits per heavy atom. The molecule has 0 radical (unpaired) electrons. The Morgan fingerprint density at radius 3 is 2.67 bits per heavy atom. The number of aryl methyl sites for hydroxylation is 2. The molecule has 5 nitrogen and oxygen atoms in total. The summed E-state index contributed by atoms with van der Waals surface area (Å²) in [4.78, 5) is 0. The van der Waals surface area contributed by atoms with Gasteiger partial charge in [0.15, 0.2) is 0 Å². The lowest BCUT2D eigenvalue weighted by Crippen LogP contribution is -2.23. The molecule has 0 fully saturated rings. The Labute approximate surface area is 120 Å². The van der Waals surface area contributed by atoms with Crippen LogP contribution in [-0.2, 0) is 26.2 Å². The normalized spacial score (nSPS) is 12.0. The number of nitrogens with zero attached hydrogens (tertiary/aromatic N) is 4. The van der Waals surface area contributed by atoms with Gasteiger partial charge in [0.25, 0.3) is 0 Å². The Morgan fingerprint density at radius 1 is 1.29 bits per heavy atom. The molecule has 2 heterocycles. The number of hydrogen-bond donors (Lipinski definition) is 1. The zero-order valence-electron chi connectivity index (χ0n) is 12.0. The van der Waals surface area contributed by atoms with Gasteiger partial charge in [-0.1, -0.05) is 0 Å². The van der Waals surface area contributed by atoms with Crippen molar-refractivity contribution >= 4 is 0 Å². The first-order valence-electron chi connectivity index (χ1n) is 6.70. The lowest BCUT2D eigenvalue weighted by molar-refractivity contribution is -0.143. The maximum atomic E-state index is 12.4. The smallest absolute Gasteiger partial charge is 0.307 e. The summed E-state index contributed by atoms with van der Waals surface area (Å²) in [6.45, 7) is 4.52. The lowest BCUT2D eigenvalue weighted by atomic mass is 10.2. The summed E-state index contributed by atoms with van der Waals surface area (Å²) in [5.74, 6) is 0. The van der Waals surface area contributed by atoms with Crippen LogP contribution in [0.2, 0.25) is 0 Å². The Balaban J connectivity index is 1.92. The molecule has 2 aromatic heterocycles. The highest BCUT2D eigenvalue weighted by Crippen LogP contribution is 2.18. The van der Waals surface area contributed by atoms with E-state index in [9.17, 15) is 13.2 Å². The van der Waals surface area contributed by atoms with Crippen LogP contribution in [0.4, 0.5) is 13.2 Å². The molecular formula is C13H18F3N5. The summed E-state index contributed by atoms with van der Waals surface area (Å²) in [6, 6.07) is 1.58. The van der Waals surface area contributed by atoms with Gasteiger partial charge in [0.2, 0.25) is 0 Å². The fourth-order valence-corrected chi connectivity index (χ4v) is 2.04. The minimum Gasteiger partial charge on any atom is -0.307 e. The van der Waals surface area contributed by atoms with Gasteiger partial charge in [0.05, 0.1) is 11.4 Å². The number of hydrogen-bond acceptors (Lipinski definition) is 3. The molecule has 0 spiro atoms. The molecule has 2 aromatic rings. The lowest BCUT2D eigenvalue weighted by Gasteiger charge is -2.10. The molecule has 0 aromatic carbocycles. The van der Waals surface area contributed by atoms with Gasteiger partial charge in [0, 0.05) is 37.6 Å². The predicted molar refractivity (Wildman–Crippen MR) is 71.5 cm³/mol. The van der Waals surface area contributed by atoms with Crippen molar-refractivity contribution in [2.24, 2.45) is 0 Å². The van der Waals surface area contributed by atoms with E-state index in [-0.39, 0.29) is 0 Å². The van der Waals surface area contributed by atoms with Crippen LogP contribution in [0.3, 0.4) is 0 Å². The van der Waals surface area contributed by atoms with Crippen LogP contribution in [-0.4, -0.2) is 25.7 Å². The first kappa shape index (κ1) is 15.6. The summed E-state index contributed by atoms with van der Waals surface area (Å²) in [7, 11) is 0. The molecule has 116 valence electrons. The van der Waals surface area contributed by atoms with Crippen LogP contribution in [0, 0.1) is 6.92 Å². The van der Waals surface area contributed by atoms with Gasteiger partial charge in [-0.15, -0.1) is 0 Å². The van der Waals surface area contributed by atoms with E-state index in [4.69, 9.17) is 0 Å². The monoisotopic (exact) mass is 301 g/mol. The summed E-state index contributed by atoms with van der Waals surface area (Å²) < 4.78 is 40.0. The van der Waals surface area contributed by atoms with E-state index in [0.29, 0.717) is 18.8 Å². The van der Waals surface area contributed by atoms with Crippen molar-refractivity contribution < 1.29 is 13.2 Å². The average molecular weight is 301 g/mol. The van der Waals surface area contributed by atoms with Gasteiger partial charge >= 0.3 is 6.18 Å². The van der Waals surface area contributed by atoms with Gasteiger partial charge in [-0.25, -0.2) is 0 Å². The summed E-state index contributed by atoms with van der Waals surface area (Å²) in [6.07, 6.45) is -0.946. The molecule has 21 heavy (non-hydrogen) atoms. The fourth-order valence-electron chi connectivity index (χ4n) is 2.04. The van der Waals surface area contributed by atoms with Crippen molar-refractivity contribution in [2.75, 3.05) is 0 Å². The van der Waals surface area contributed by atoms with Crippen molar-refractivity contribution in [3.63, 3.8) is 0 Å². The topological polar surface area (TPSA) is 47.7 Å². The van der Waals surface area contributed by atoms with Crippen LogP contribution >= 0.6 is 0 Å². The van der Waals surface area contributed by atoms with Crippen LogP contribution < -0.4 is 5.32 Å². The number of alkyl halides is 3. The van der Waals surface area contributed by atoms with Crippen LogP contribution in [0.15, 0.2) is 18.5 Å². The summed E-state index contributed by atoms with van der Waals surface area (Å²) in [5.41, 5.74) is 2.47. The van der Waals surface area contributed by atoms with Crippen molar-refractivity contribution in [2.45, 2.75) is 46.2 Å². The molecule has 0 unspecified atom stereocenters. The van der Waals surface area contributed by atoms with Gasteiger partial charge in [-0.3, -0.25) is 9.36 Å². The van der Waals surface area contributed by atoms with E-state index in [0.717, 1.165) is 22.5 Å². The summed E-state index contributed by atoms with van der Waals surface area (Å²) >= 11 is 0. The van der Waals surface area contributed by atoms with Crippen molar-refractivity contribution in [3.05, 3.63) is 35.4 Å². The highest BCUT2D eigenvalue weighted by Gasteiger charge is 2.29. The maximum Gasteiger partial charge on any atom is 0.408 e. The highest BCUT2D eigenvalue weighted by molar-refractivity contribution is 5.15. The van der Waals surface area contributed by atoms with E-state index in [2.05, 4.69) is 15.5 Å². The molecule has 2 rings (SSSR count). The SMILES string of the molecule is CCn1cc(CNCc2ccnn2CC(F)(F)F)c(C)n1. The molecule has 0 bridgehead atoms. The molecule has 0 aliphatic heterocycles. The standard InChI is InChI=1S/C13H18F3N5/c1-3-20-8-11(10(2)19-20)6-17-7-12-4-5-18-21(12)9-13(14,15)16/h4-5,8,17H,3,6-7,9H2,1-2H3. The second-order valence-corrected chi connectivity index (χ2v) is 4.79. The van der Waals surface area contributed by atoms with Crippen LogP contribution in [0.5, 0.6) is 0 Å². The number of halogens is 3. The zero-order valence-corrected chi connectivity index (χ0v) is 12.0. The minimum absolute atomic E-state index is 0.326. The van der Waals surface area contributed by atoms with E-state index in [1.54, 1.807) is 6.07 Å². The van der Waals surface area contributed by atoms with Crippen molar-refractivity contribution in [1.82, 2.24) is 24.9 Å². The van der Waals surface area contributed by atoms with E-state index in [1.807, 2.05) is 24.7 Å².